The Bertz CT molecular complexity index is 2670. The van der Waals surface area contributed by atoms with Crippen LogP contribution in [-0.4, -0.2) is 338 Å². The number of carbonyl (C=O) groups excluding carboxylic acids is 2. The molecule has 5 heterocycles. The van der Waals surface area contributed by atoms with Gasteiger partial charge in [-0.15, -0.1) is 0 Å². The molecule has 40 heteroatoms. The van der Waals surface area contributed by atoms with Gasteiger partial charge in [0.1, 0.15) is 121 Å². The van der Waals surface area contributed by atoms with Gasteiger partial charge in [-0.05, 0) is 0 Å². The minimum Gasteiger partial charge on any atom is -0.364 e. The van der Waals surface area contributed by atoms with E-state index in [4.69, 9.17) is 85.3 Å². The molecule has 0 aliphatic carbocycles. The van der Waals surface area contributed by atoms with Crippen LogP contribution in [0.1, 0.15) is 0 Å². The molecular formula is C61H102N20O20. The second kappa shape index (κ2) is 48.7. The predicted molar refractivity (Wildman–Crippen MR) is 367 cm³/mol. The fourth-order valence-corrected chi connectivity index (χ4v) is 9.57. The minimum absolute atomic E-state index is 0.0640. The van der Waals surface area contributed by atoms with E-state index < -0.39 is 12.3 Å². The van der Waals surface area contributed by atoms with Crippen LogP contribution in [0.5, 0.6) is 0 Å². The van der Waals surface area contributed by atoms with Crippen molar-refractivity contribution in [2.45, 2.75) is 12.3 Å². The van der Waals surface area contributed by atoms with Gasteiger partial charge in [0, 0.05) is 139 Å². The van der Waals surface area contributed by atoms with Gasteiger partial charge in [0.25, 0.3) is 0 Å². The maximum atomic E-state index is 12.6. The number of aromatic nitrogens is 9. The monoisotopic (exact) mass is 1430 g/mol. The summed E-state index contributed by atoms with van der Waals surface area (Å²) in [6, 6.07) is 18.8. The highest BCUT2D eigenvalue weighted by atomic mass is 16.5. The highest BCUT2D eigenvalue weighted by Crippen LogP contribution is 2.35. The lowest BCUT2D eigenvalue weighted by molar-refractivity contribution is -0.0135. The Hall–Kier alpha value is -8.11. The third-order valence-corrected chi connectivity index (χ3v) is 13.5. The van der Waals surface area contributed by atoms with E-state index in [1.165, 1.54) is 48.0 Å². The maximum absolute atomic E-state index is 12.6. The van der Waals surface area contributed by atoms with Crippen LogP contribution in [0.25, 0.3) is 22.8 Å². The average Bonchev–Trinajstić information content (AvgIpc) is 1.58. The molecule has 7 rings (SSSR count). The first-order valence-corrected chi connectivity index (χ1v) is 30.8. The van der Waals surface area contributed by atoms with Crippen LogP contribution < -0.4 is 34.3 Å². The van der Waals surface area contributed by atoms with Gasteiger partial charge < -0.3 is 85.3 Å². The molecule has 40 nitrogen and oxygen atoms in total. The van der Waals surface area contributed by atoms with Crippen molar-refractivity contribution in [1.29, 1.82) is 0 Å². The topological polar surface area (TPSA) is 352 Å². The van der Waals surface area contributed by atoms with E-state index in [0.29, 0.717) is 53.3 Å². The highest BCUT2D eigenvalue weighted by molar-refractivity contribution is 5.85. The zero-order valence-electron chi connectivity index (χ0n) is 61.3. The van der Waals surface area contributed by atoms with Crippen LogP contribution in [0.2, 0.25) is 0 Å². The van der Waals surface area contributed by atoms with Gasteiger partial charge in [0.2, 0.25) is 41.6 Å². The predicted octanol–water partition coefficient (Wildman–Crippen LogP) is 2.58. The van der Waals surface area contributed by atoms with E-state index in [2.05, 4.69) is 44.9 Å². The molecule has 0 atom stereocenters. The van der Waals surface area contributed by atoms with Crippen molar-refractivity contribution >= 4 is 53.7 Å². The van der Waals surface area contributed by atoms with Crippen LogP contribution in [0.15, 0.2) is 60.7 Å². The molecule has 5 aromatic rings. The summed E-state index contributed by atoms with van der Waals surface area (Å²) in [6.07, 6.45) is -1.05. The van der Waals surface area contributed by atoms with Gasteiger partial charge >= 0.3 is 12.1 Å². The number of hydrogen-bond donors (Lipinski definition) is 0. The van der Waals surface area contributed by atoms with Crippen molar-refractivity contribution in [2.24, 2.45) is 0 Å². The van der Waals surface area contributed by atoms with Crippen molar-refractivity contribution < 1.29 is 94.9 Å². The number of amides is 4. The van der Waals surface area contributed by atoms with Crippen molar-refractivity contribution in [3.8, 4) is 22.8 Å². The number of rotatable bonds is 45. The zero-order chi connectivity index (χ0) is 73.9. The van der Waals surface area contributed by atoms with Gasteiger partial charge in [0.15, 0.2) is 24.0 Å². The van der Waals surface area contributed by atoms with Crippen LogP contribution in [0, 0.1) is 0 Å². The molecule has 3 aromatic heterocycles. The molecule has 2 fully saturated rings. The lowest BCUT2D eigenvalue weighted by Gasteiger charge is -2.28. The van der Waals surface area contributed by atoms with Crippen LogP contribution in [0.4, 0.5) is 51.2 Å². The SMILES string of the molecule is COCN(COC)c1nc(-c2ccccc2)nc(N(COC)COC)n1.COCN(COC)c1nc(-c2ccccc2)nc(N(COC)COC)n1.COCN(COC)c1nc(N(COC)COC)nc(N(COC)COC)n1.COCN1C(=O)N(COC)C2C1N(COC)C(=O)N2COC. The van der Waals surface area contributed by atoms with Crippen molar-refractivity contribution in [2.75, 3.05) is 283 Å². The second-order valence-corrected chi connectivity index (χ2v) is 21.1. The summed E-state index contributed by atoms with van der Waals surface area (Å²) in [7, 11) is 28.3. The van der Waals surface area contributed by atoms with Crippen molar-refractivity contribution in [3.63, 3.8) is 0 Å². The Morgan fingerprint density at radius 1 is 0.248 bits per heavy atom. The Morgan fingerprint density at radius 2 is 0.406 bits per heavy atom. The first kappa shape index (κ1) is 85.3. The summed E-state index contributed by atoms with van der Waals surface area (Å²) in [5.41, 5.74) is 1.75. The molecular weight excluding hydrogens is 1330 g/mol. The summed E-state index contributed by atoms with van der Waals surface area (Å²) in [6.45, 7) is 3.89. The Labute approximate surface area is 590 Å². The first-order valence-electron chi connectivity index (χ1n) is 30.8. The molecule has 0 unspecified atom stereocenters. The fourth-order valence-electron chi connectivity index (χ4n) is 9.57. The van der Waals surface area contributed by atoms with Crippen LogP contribution in [-0.2, 0) is 85.3 Å². The highest BCUT2D eigenvalue weighted by Gasteiger charge is 2.59. The normalized spacial score (nSPS) is 13.8. The fraction of sp³-hybridized carbons (Fsp3) is 0.623. The number of urea groups is 2. The van der Waals surface area contributed by atoms with E-state index in [9.17, 15) is 9.59 Å². The van der Waals surface area contributed by atoms with Crippen molar-refractivity contribution in [1.82, 2.24) is 64.5 Å². The average molecular weight is 1440 g/mol. The Balaban J connectivity index is 0.000000286. The quantitative estimate of drug-likeness (QED) is 0.0505. The number of ether oxygens (including phenoxy) is 18. The van der Waals surface area contributed by atoms with E-state index in [-0.39, 0.29) is 133 Å². The van der Waals surface area contributed by atoms with Gasteiger partial charge in [-0.25, -0.2) is 9.59 Å². The largest absolute Gasteiger partial charge is 0.364 e. The van der Waals surface area contributed by atoms with E-state index in [1.54, 1.807) is 134 Å². The third-order valence-electron chi connectivity index (χ3n) is 13.5. The minimum atomic E-state index is -0.523. The van der Waals surface area contributed by atoms with E-state index in [1.807, 2.05) is 60.7 Å². The Morgan fingerprint density at radius 3 is 0.554 bits per heavy atom. The smallest absolute Gasteiger partial charge is 0.327 e. The number of hydrogen-bond acceptors (Lipinski definition) is 36. The summed E-state index contributed by atoms with van der Waals surface area (Å²) in [4.78, 5) is 84.1. The Kier molecular flexibility index (Phi) is 41.1. The molecule has 4 amide bonds. The standard InChI is InChI=1S/2C17H25N5O4.C15H30N6O6.C12H22N4O6/c2*1-23-10-21(11-24-2)16-18-15(14-8-6-5-7-9-14)19-17(20-16)22(12-25-3)13-26-4;1-22-7-19(8-23-2)13-16-14(20(9-24-3)10-25-4)18-15(17-13)21(11-26-5)12-27-6;1-19-5-13-9-10(15(7-21-3)11(13)17)16(8-22-4)12(18)14(9)6-20-2/h2*5-9H,10-13H2,1-4H3;7-12H2,1-6H3;9-10H,5-8H2,1-4H3. The van der Waals surface area contributed by atoms with E-state index in [0.717, 1.165) is 11.1 Å². The van der Waals surface area contributed by atoms with E-state index >= 15 is 0 Å². The molecule has 2 aliphatic heterocycles. The summed E-state index contributed by atoms with van der Waals surface area (Å²) in [5, 5.41) is 0. The molecule has 0 N–H and O–H groups in total. The molecule has 2 aliphatic rings. The molecule has 0 spiro atoms. The second-order valence-electron chi connectivity index (χ2n) is 21.1. The van der Waals surface area contributed by atoms with Gasteiger partial charge in [-0.1, -0.05) is 60.7 Å². The molecule has 566 valence electrons. The molecule has 101 heavy (non-hydrogen) atoms. The molecule has 2 saturated heterocycles. The van der Waals surface area contributed by atoms with Crippen molar-refractivity contribution in [3.05, 3.63) is 60.7 Å². The summed E-state index contributed by atoms with van der Waals surface area (Å²) < 4.78 is 93.6. The number of carbonyl (C=O) groups is 2. The lowest BCUT2D eigenvalue weighted by Crippen LogP contribution is -2.48. The first-order chi connectivity index (χ1) is 49.2. The third kappa shape index (κ3) is 25.7. The maximum Gasteiger partial charge on any atom is 0.327 e. The van der Waals surface area contributed by atoms with Crippen LogP contribution >= 0.6 is 0 Å². The molecule has 0 saturated carbocycles. The lowest BCUT2D eigenvalue weighted by atomic mass is 10.2. The number of fused-ring (bicyclic) bond motifs is 1. The summed E-state index contributed by atoms with van der Waals surface area (Å²) in [5.74, 6) is 3.95. The number of nitrogens with zero attached hydrogens (tertiary/aromatic N) is 20. The van der Waals surface area contributed by atoms with Crippen LogP contribution in [0.3, 0.4) is 0 Å². The van der Waals surface area contributed by atoms with Gasteiger partial charge in [0.05, 0.1) is 0 Å². The van der Waals surface area contributed by atoms with Gasteiger partial charge in [-0.3, -0.25) is 53.9 Å². The number of benzene rings is 2. The molecule has 0 radical (unpaired) electrons. The summed E-state index contributed by atoms with van der Waals surface area (Å²) >= 11 is 0. The molecule has 2 aromatic carbocycles. The zero-order valence-corrected chi connectivity index (χ0v) is 61.3. The van der Waals surface area contributed by atoms with Gasteiger partial charge in [-0.2, -0.15) is 44.9 Å². The number of anilines is 7. The molecule has 0 bridgehead atoms. The number of methoxy groups -OCH3 is 18.